The summed E-state index contributed by atoms with van der Waals surface area (Å²) in [5.41, 5.74) is -3.61. The Bertz CT molecular complexity index is 798. The van der Waals surface area contributed by atoms with Crippen LogP contribution in [0.1, 0.15) is 12.5 Å². The van der Waals surface area contributed by atoms with E-state index in [2.05, 4.69) is 6.58 Å². The fourth-order valence-corrected chi connectivity index (χ4v) is 3.24. The van der Waals surface area contributed by atoms with Crippen molar-refractivity contribution >= 4 is 5.97 Å². The summed E-state index contributed by atoms with van der Waals surface area (Å²) >= 11 is 0. The van der Waals surface area contributed by atoms with Crippen molar-refractivity contribution in [3.05, 3.63) is 85.0 Å². The van der Waals surface area contributed by atoms with Crippen LogP contribution in [-0.2, 0) is 24.6 Å². The van der Waals surface area contributed by atoms with Gasteiger partial charge in [-0.05, 0) is 6.92 Å². The molecule has 0 unspecified atom stereocenters. The zero-order chi connectivity index (χ0) is 22.2. The molecule has 1 aliphatic heterocycles. The van der Waals surface area contributed by atoms with Gasteiger partial charge >= 0.3 is 12.1 Å². The highest BCUT2D eigenvalue weighted by Gasteiger charge is 2.64. The van der Waals surface area contributed by atoms with E-state index >= 15 is 0 Å². The van der Waals surface area contributed by atoms with Gasteiger partial charge in [-0.15, -0.1) is 0 Å². The Kier molecular flexibility index (Phi) is 8.20. The number of benzene rings is 1. The maximum Gasteiger partial charge on any atom is 0.432 e. The van der Waals surface area contributed by atoms with E-state index in [1.807, 2.05) is 6.92 Å². The monoisotopic (exact) mass is 422 g/mol. The number of esters is 1. The average molecular weight is 422 g/mol. The van der Waals surface area contributed by atoms with Crippen molar-refractivity contribution in [3.63, 3.8) is 0 Å². The molecule has 0 amide bonds. The summed E-state index contributed by atoms with van der Waals surface area (Å²) in [6, 6.07) is 6.72. The van der Waals surface area contributed by atoms with Crippen molar-refractivity contribution in [2.24, 2.45) is 5.92 Å². The number of methoxy groups -OCH3 is 1. The van der Waals surface area contributed by atoms with Crippen LogP contribution in [0.2, 0.25) is 0 Å². The number of ether oxygens (including phenoxy) is 3. The normalized spacial score (nSPS) is 24.5. The van der Waals surface area contributed by atoms with Crippen molar-refractivity contribution in [2.75, 3.05) is 13.7 Å². The summed E-state index contributed by atoms with van der Waals surface area (Å²) in [4.78, 5) is 13.0. The highest BCUT2D eigenvalue weighted by molar-refractivity contribution is 5.83. The molecule has 1 heterocycles. The molecule has 1 fully saturated rings. The SMILES string of the molecule is C=C/C=C/[C@H]1OC[C@@H](/C=C/C=C/C)[C@@H]1OC(=O)[C@](OC)(c1ccccc1)C(F)(F)F. The maximum absolute atomic E-state index is 14.1. The number of halogens is 3. The minimum Gasteiger partial charge on any atom is -0.456 e. The van der Waals surface area contributed by atoms with Crippen LogP contribution in [0.4, 0.5) is 13.2 Å². The van der Waals surface area contributed by atoms with Gasteiger partial charge in [-0.1, -0.05) is 79.4 Å². The Morgan fingerprint density at radius 1 is 1.17 bits per heavy atom. The first-order valence-electron chi connectivity index (χ1n) is 9.40. The van der Waals surface area contributed by atoms with Crippen LogP contribution >= 0.6 is 0 Å². The summed E-state index contributed by atoms with van der Waals surface area (Å²) in [7, 11) is 0.839. The van der Waals surface area contributed by atoms with E-state index in [1.165, 1.54) is 30.3 Å². The van der Waals surface area contributed by atoms with Crippen LogP contribution in [-0.4, -0.2) is 38.1 Å². The molecule has 0 aliphatic carbocycles. The summed E-state index contributed by atoms with van der Waals surface area (Å²) in [5.74, 6) is -1.97. The Morgan fingerprint density at radius 2 is 1.87 bits per heavy atom. The van der Waals surface area contributed by atoms with Crippen LogP contribution in [0.15, 0.2) is 79.4 Å². The molecule has 4 nitrogen and oxygen atoms in total. The zero-order valence-corrected chi connectivity index (χ0v) is 16.8. The number of carbonyl (C=O) groups is 1. The van der Waals surface area contributed by atoms with Gasteiger partial charge in [0.15, 0.2) is 0 Å². The Morgan fingerprint density at radius 3 is 2.43 bits per heavy atom. The van der Waals surface area contributed by atoms with E-state index in [9.17, 15) is 18.0 Å². The Hall–Kier alpha value is -2.64. The van der Waals surface area contributed by atoms with E-state index in [4.69, 9.17) is 14.2 Å². The van der Waals surface area contributed by atoms with Crippen molar-refractivity contribution < 1.29 is 32.2 Å². The van der Waals surface area contributed by atoms with Gasteiger partial charge in [-0.2, -0.15) is 13.2 Å². The molecule has 1 saturated heterocycles. The van der Waals surface area contributed by atoms with Crippen LogP contribution in [0.3, 0.4) is 0 Å². The minimum atomic E-state index is -5.04. The van der Waals surface area contributed by atoms with Crippen LogP contribution in [0, 0.1) is 5.92 Å². The molecule has 1 aromatic rings. The lowest BCUT2D eigenvalue weighted by Gasteiger charge is -2.34. The van der Waals surface area contributed by atoms with Gasteiger partial charge < -0.3 is 14.2 Å². The summed E-state index contributed by atoms with van der Waals surface area (Å²) in [5, 5.41) is 0. The Labute approximate surface area is 174 Å². The second kappa shape index (κ2) is 10.4. The van der Waals surface area contributed by atoms with Gasteiger partial charge in [0.2, 0.25) is 0 Å². The molecule has 30 heavy (non-hydrogen) atoms. The number of allylic oxidation sites excluding steroid dienone is 5. The minimum absolute atomic E-state index is 0.190. The van der Waals surface area contributed by atoms with Crippen molar-refractivity contribution in [1.29, 1.82) is 0 Å². The third kappa shape index (κ3) is 4.91. The van der Waals surface area contributed by atoms with Crippen molar-refractivity contribution in [1.82, 2.24) is 0 Å². The topological polar surface area (TPSA) is 44.8 Å². The second-order valence-electron chi connectivity index (χ2n) is 6.61. The van der Waals surface area contributed by atoms with Crippen molar-refractivity contribution in [3.8, 4) is 0 Å². The first-order chi connectivity index (χ1) is 14.3. The van der Waals surface area contributed by atoms with Gasteiger partial charge in [0.05, 0.1) is 6.61 Å². The van der Waals surface area contributed by atoms with Gasteiger partial charge in [-0.3, -0.25) is 0 Å². The lowest BCUT2D eigenvalue weighted by Crippen LogP contribution is -2.53. The Balaban J connectivity index is 2.43. The standard InChI is InChI=1S/C23H25F3O4/c1-4-6-9-12-17-16-29-19(15-7-5-2)20(17)30-21(27)22(28-3,23(24,25)26)18-13-10-8-11-14-18/h4-15,17,19-20H,2,16H2,1,3H3/b6-4+,12-9+,15-7+/t17-,19-,20+,22-/m1/s1. The van der Waals surface area contributed by atoms with E-state index in [1.54, 1.807) is 42.5 Å². The fourth-order valence-electron chi connectivity index (χ4n) is 3.24. The van der Waals surface area contributed by atoms with Crippen LogP contribution < -0.4 is 0 Å². The fraction of sp³-hybridized carbons (Fsp3) is 0.348. The molecule has 4 atom stereocenters. The van der Waals surface area contributed by atoms with Gasteiger partial charge in [0, 0.05) is 18.6 Å². The smallest absolute Gasteiger partial charge is 0.432 e. The molecule has 0 radical (unpaired) electrons. The molecule has 162 valence electrons. The molecule has 0 aromatic heterocycles. The molecule has 1 aromatic carbocycles. The first kappa shape index (κ1) is 23.6. The van der Waals surface area contributed by atoms with Crippen LogP contribution in [0.25, 0.3) is 0 Å². The molecule has 2 rings (SSSR count). The molecular formula is C23H25F3O4. The molecule has 0 saturated carbocycles. The van der Waals surface area contributed by atoms with Gasteiger partial charge in [0.25, 0.3) is 5.60 Å². The van der Waals surface area contributed by atoms with Crippen molar-refractivity contribution in [2.45, 2.75) is 30.9 Å². The number of carbonyl (C=O) groups excluding carboxylic acids is 1. The molecule has 0 bridgehead atoms. The number of hydrogen-bond donors (Lipinski definition) is 0. The lowest BCUT2D eigenvalue weighted by atomic mass is 9.92. The predicted octanol–water partition coefficient (Wildman–Crippen LogP) is 4.89. The largest absolute Gasteiger partial charge is 0.456 e. The molecule has 7 heteroatoms. The summed E-state index contributed by atoms with van der Waals surface area (Å²) in [6.07, 6.45) is 5.02. The van der Waals surface area contributed by atoms with Gasteiger partial charge in [-0.25, -0.2) is 4.79 Å². The third-order valence-corrected chi connectivity index (χ3v) is 4.74. The highest BCUT2D eigenvalue weighted by atomic mass is 19.4. The highest BCUT2D eigenvalue weighted by Crippen LogP contribution is 2.44. The van der Waals surface area contributed by atoms with E-state index in [0.717, 1.165) is 7.11 Å². The van der Waals surface area contributed by atoms with E-state index in [0.29, 0.717) is 0 Å². The average Bonchev–Trinajstić information content (AvgIpc) is 3.08. The molecule has 0 N–H and O–H groups in total. The predicted molar refractivity (Wildman–Crippen MR) is 108 cm³/mol. The first-order valence-corrected chi connectivity index (χ1v) is 9.40. The lowest BCUT2D eigenvalue weighted by molar-refractivity contribution is -0.278. The molecule has 1 aliphatic rings. The maximum atomic E-state index is 14.1. The summed E-state index contributed by atoms with van der Waals surface area (Å²) in [6.45, 7) is 5.59. The third-order valence-electron chi connectivity index (χ3n) is 4.74. The molecular weight excluding hydrogens is 397 g/mol. The zero-order valence-electron chi connectivity index (χ0n) is 16.8. The van der Waals surface area contributed by atoms with E-state index in [-0.39, 0.29) is 12.2 Å². The quantitative estimate of drug-likeness (QED) is 0.442. The van der Waals surface area contributed by atoms with Gasteiger partial charge in [0.1, 0.15) is 12.2 Å². The second-order valence-corrected chi connectivity index (χ2v) is 6.61. The van der Waals surface area contributed by atoms with E-state index < -0.39 is 35.9 Å². The number of alkyl halides is 3. The molecule has 0 spiro atoms. The number of rotatable bonds is 8. The summed E-state index contributed by atoms with van der Waals surface area (Å²) < 4.78 is 58.2. The number of hydrogen-bond acceptors (Lipinski definition) is 4. The van der Waals surface area contributed by atoms with Crippen LogP contribution in [0.5, 0.6) is 0 Å².